The highest BCUT2D eigenvalue weighted by Gasteiger charge is 2.15. The van der Waals surface area contributed by atoms with Crippen LogP contribution < -0.4 is 0 Å². The van der Waals surface area contributed by atoms with Crippen molar-refractivity contribution in [2.75, 3.05) is 0 Å². The quantitative estimate of drug-likeness (QED) is 0.493. The van der Waals surface area contributed by atoms with Crippen molar-refractivity contribution in [3.8, 4) is 6.07 Å². The minimum Gasteiger partial charge on any atom is -0.337 e. The molecular formula is C22H18ClN5. The Morgan fingerprint density at radius 3 is 2.64 bits per heavy atom. The molecule has 5 nitrogen and oxygen atoms in total. The maximum absolute atomic E-state index is 9.67. The number of halogens is 1. The summed E-state index contributed by atoms with van der Waals surface area (Å²) < 4.78 is 1.75. The third-order valence-corrected chi connectivity index (χ3v) is 5.01. The molecule has 138 valence electrons. The molecule has 0 aliphatic carbocycles. The van der Waals surface area contributed by atoms with Gasteiger partial charge in [-0.15, -0.1) is 0 Å². The lowest BCUT2D eigenvalue weighted by atomic mass is 10.1. The molecule has 0 amide bonds. The molecule has 0 spiro atoms. The van der Waals surface area contributed by atoms with E-state index in [2.05, 4.69) is 52.3 Å². The molecular weight excluding hydrogens is 370 g/mol. The summed E-state index contributed by atoms with van der Waals surface area (Å²) in [5, 5.41) is 14.7. The zero-order valence-corrected chi connectivity index (χ0v) is 16.3. The van der Waals surface area contributed by atoms with Crippen molar-refractivity contribution in [2.24, 2.45) is 0 Å². The van der Waals surface area contributed by atoms with Crippen molar-refractivity contribution < 1.29 is 0 Å². The van der Waals surface area contributed by atoms with E-state index in [0.717, 1.165) is 27.9 Å². The summed E-state index contributed by atoms with van der Waals surface area (Å²) in [7, 11) is 0. The summed E-state index contributed by atoms with van der Waals surface area (Å²) in [5.74, 6) is 0.519. The first-order valence-electron chi connectivity index (χ1n) is 8.90. The highest BCUT2D eigenvalue weighted by Crippen LogP contribution is 2.26. The van der Waals surface area contributed by atoms with Crippen molar-refractivity contribution in [1.82, 2.24) is 19.7 Å². The molecule has 0 aliphatic rings. The monoisotopic (exact) mass is 387 g/mol. The third-order valence-electron chi connectivity index (χ3n) is 4.62. The van der Waals surface area contributed by atoms with Gasteiger partial charge in [0.2, 0.25) is 0 Å². The van der Waals surface area contributed by atoms with Crippen LogP contribution in [0.4, 0.5) is 0 Å². The molecule has 0 radical (unpaired) electrons. The lowest BCUT2D eigenvalue weighted by Crippen LogP contribution is -2.02. The average Bonchev–Trinajstić information content (AvgIpc) is 3.23. The van der Waals surface area contributed by atoms with Crippen LogP contribution in [-0.2, 0) is 6.54 Å². The van der Waals surface area contributed by atoms with Gasteiger partial charge in [-0.1, -0.05) is 53.6 Å². The predicted molar refractivity (Wildman–Crippen MR) is 112 cm³/mol. The van der Waals surface area contributed by atoms with Gasteiger partial charge < -0.3 is 4.98 Å². The number of imidazole rings is 1. The number of rotatable bonds is 4. The Morgan fingerprint density at radius 2 is 1.93 bits per heavy atom. The number of hydrogen-bond donors (Lipinski definition) is 1. The highest BCUT2D eigenvalue weighted by molar-refractivity contribution is 6.31. The number of allylic oxidation sites excluding steroid dienone is 1. The van der Waals surface area contributed by atoms with E-state index in [1.54, 1.807) is 10.8 Å². The van der Waals surface area contributed by atoms with Crippen LogP contribution in [0.25, 0.3) is 22.7 Å². The molecule has 4 rings (SSSR count). The zero-order chi connectivity index (χ0) is 19.7. The normalized spacial score (nSPS) is 11.7. The van der Waals surface area contributed by atoms with Crippen molar-refractivity contribution in [2.45, 2.75) is 20.4 Å². The first-order valence-corrected chi connectivity index (χ1v) is 9.28. The van der Waals surface area contributed by atoms with Gasteiger partial charge in [0, 0.05) is 5.56 Å². The van der Waals surface area contributed by atoms with Gasteiger partial charge in [-0.2, -0.15) is 10.4 Å². The van der Waals surface area contributed by atoms with Crippen LogP contribution in [0, 0.1) is 25.2 Å². The summed E-state index contributed by atoms with van der Waals surface area (Å²) in [4.78, 5) is 7.69. The second kappa shape index (κ2) is 7.34. The van der Waals surface area contributed by atoms with Gasteiger partial charge in [0.1, 0.15) is 17.0 Å². The number of hydrogen-bond acceptors (Lipinski definition) is 3. The largest absolute Gasteiger partial charge is 0.337 e. The van der Waals surface area contributed by atoms with Gasteiger partial charge in [0.05, 0.1) is 28.8 Å². The summed E-state index contributed by atoms with van der Waals surface area (Å²) >= 11 is 6.59. The Labute approximate surface area is 167 Å². The van der Waals surface area contributed by atoms with Gasteiger partial charge in [0.15, 0.2) is 0 Å². The molecule has 2 aromatic heterocycles. The standard InChI is InChI=1S/C22H18ClN5/c1-14-7-9-16(10-8-14)13-28-21(23)18(15(2)27-28)11-17(12-24)22-25-19-5-3-4-6-20(19)26-22/h3-11H,13H2,1-2H3,(H,25,26)/b17-11+. The van der Waals surface area contributed by atoms with Gasteiger partial charge >= 0.3 is 0 Å². The molecule has 0 unspecified atom stereocenters. The summed E-state index contributed by atoms with van der Waals surface area (Å²) in [6.45, 7) is 4.51. The average molecular weight is 388 g/mol. The van der Waals surface area contributed by atoms with Crippen LogP contribution in [0.15, 0.2) is 48.5 Å². The van der Waals surface area contributed by atoms with Crippen LogP contribution in [0.2, 0.25) is 5.15 Å². The van der Waals surface area contributed by atoms with Gasteiger partial charge in [-0.3, -0.25) is 0 Å². The number of fused-ring (bicyclic) bond motifs is 1. The summed E-state index contributed by atoms with van der Waals surface area (Å²) in [6.07, 6.45) is 1.74. The number of nitriles is 1. The van der Waals surface area contributed by atoms with Gasteiger partial charge in [0.25, 0.3) is 0 Å². The summed E-state index contributed by atoms with van der Waals surface area (Å²) in [5.41, 5.74) is 5.93. The van der Waals surface area contributed by atoms with Crippen LogP contribution in [0.5, 0.6) is 0 Å². The number of benzene rings is 2. The molecule has 1 N–H and O–H groups in total. The molecule has 2 heterocycles. The number of aromatic nitrogens is 4. The third kappa shape index (κ3) is 3.42. The lowest BCUT2D eigenvalue weighted by Gasteiger charge is -2.04. The maximum atomic E-state index is 9.67. The first-order chi connectivity index (χ1) is 13.5. The molecule has 6 heteroatoms. The van der Waals surface area contributed by atoms with Gasteiger partial charge in [-0.05, 0) is 37.6 Å². The van der Waals surface area contributed by atoms with E-state index in [1.807, 2.05) is 31.2 Å². The fraction of sp³-hybridized carbons (Fsp3) is 0.136. The number of aryl methyl sites for hydroxylation is 2. The van der Waals surface area contributed by atoms with E-state index < -0.39 is 0 Å². The Bertz CT molecular complexity index is 1190. The minimum absolute atomic E-state index is 0.413. The SMILES string of the molecule is Cc1ccc(Cn2nc(C)c(/C=C(\C#N)c3nc4ccccc4[nH]3)c2Cl)cc1. The number of aromatic amines is 1. The molecule has 0 bridgehead atoms. The fourth-order valence-electron chi connectivity index (χ4n) is 3.08. The van der Waals surface area contributed by atoms with E-state index in [9.17, 15) is 5.26 Å². The number of para-hydroxylation sites is 2. The highest BCUT2D eigenvalue weighted by atomic mass is 35.5. The molecule has 0 fully saturated rings. The van der Waals surface area contributed by atoms with Crippen molar-refractivity contribution >= 4 is 34.3 Å². The number of nitrogens with one attached hydrogen (secondary N) is 1. The Kier molecular flexibility index (Phi) is 4.72. The number of nitrogens with zero attached hydrogens (tertiary/aromatic N) is 4. The molecule has 28 heavy (non-hydrogen) atoms. The fourth-order valence-corrected chi connectivity index (χ4v) is 3.37. The zero-order valence-electron chi connectivity index (χ0n) is 15.6. The lowest BCUT2D eigenvalue weighted by molar-refractivity contribution is 0.680. The number of H-pyrrole nitrogens is 1. The van der Waals surface area contributed by atoms with Crippen LogP contribution >= 0.6 is 11.6 Å². The van der Waals surface area contributed by atoms with E-state index >= 15 is 0 Å². The van der Waals surface area contributed by atoms with Crippen LogP contribution in [-0.4, -0.2) is 19.7 Å². The molecule has 0 saturated carbocycles. The molecule has 0 saturated heterocycles. The molecule has 2 aromatic carbocycles. The topological polar surface area (TPSA) is 70.3 Å². The maximum Gasteiger partial charge on any atom is 0.149 e. The Morgan fingerprint density at radius 1 is 1.18 bits per heavy atom. The predicted octanol–water partition coefficient (Wildman–Crippen LogP) is 5.14. The van der Waals surface area contributed by atoms with E-state index in [4.69, 9.17) is 11.6 Å². The van der Waals surface area contributed by atoms with Crippen LogP contribution in [0.1, 0.15) is 28.2 Å². The van der Waals surface area contributed by atoms with E-state index in [1.165, 1.54) is 5.56 Å². The first kappa shape index (κ1) is 18.0. The Hall–Kier alpha value is -3.36. The van der Waals surface area contributed by atoms with Crippen molar-refractivity contribution in [1.29, 1.82) is 5.26 Å². The second-order valence-electron chi connectivity index (χ2n) is 6.71. The Balaban J connectivity index is 1.70. The minimum atomic E-state index is 0.413. The van der Waals surface area contributed by atoms with Crippen molar-refractivity contribution in [3.63, 3.8) is 0 Å². The van der Waals surface area contributed by atoms with Crippen LogP contribution in [0.3, 0.4) is 0 Å². The smallest absolute Gasteiger partial charge is 0.149 e. The molecule has 0 atom stereocenters. The van der Waals surface area contributed by atoms with Crippen molar-refractivity contribution in [3.05, 3.63) is 81.9 Å². The van der Waals surface area contributed by atoms with Gasteiger partial charge in [-0.25, -0.2) is 9.67 Å². The second-order valence-corrected chi connectivity index (χ2v) is 7.06. The summed E-state index contributed by atoms with van der Waals surface area (Å²) in [6, 6.07) is 18.2. The van der Waals surface area contributed by atoms with E-state index in [-0.39, 0.29) is 0 Å². The van der Waals surface area contributed by atoms with E-state index in [0.29, 0.717) is 23.1 Å². The molecule has 0 aliphatic heterocycles. The molecule has 4 aromatic rings.